The van der Waals surface area contributed by atoms with Gasteiger partial charge in [-0.1, -0.05) is 11.6 Å². The molecule has 0 spiro atoms. The quantitative estimate of drug-likeness (QED) is 0.745. The van der Waals surface area contributed by atoms with Gasteiger partial charge in [0.25, 0.3) is 0 Å². The third-order valence-corrected chi connectivity index (χ3v) is 3.76. The molecule has 1 aromatic heterocycles. The Bertz CT molecular complexity index is 811. The summed E-state index contributed by atoms with van der Waals surface area (Å²) in [4.78, 5) is 4.69. The molecule has 0 aliphatic rings. The third-order valence-electron chi connectivity index (χ3n) is 3.53. The van der Waals surface area contributed by atoms with Crippen molar-refractivity contribution in [3.05, 3.63) is 41.4 Å². The van der Waals surface area contributed by atoms with Crippen LogP contribution in [0.3, 0.4) is 0 Å². The van der Waals surface area contributed by atoms with Crippen LogP contribution in [0.2, 0.25) is 5.02 Å². The summed E-state index contributed by atoms with van der Waals surface area (Å²) in [6.07, 6.45) is 0. The summed E-state index contributed by atoms with van der Waals surface area (Å²) in [5.41, 5.74) is 9.56. The Morgan fingerprint density at radius 1 is 1.24 bits per heavy atom. The van der Waals surface area contributed by atoms with Crippen molar-refractivity contribution in [2.24, 2.45) is 0 Å². The van der Waals surface area contributed by atoms with Gasteiger partial charge in [0.05, 0.1) is 18.1 Å². The number of benzene rings is 2. The number of rotatable bonds is 3. The van der Waals surface area contributed by atoms with Crippen LogP contribution in [0.15, 0.2) is 36.4 Å². The standard InChI is InChI=1S/C16H16ClN3O/c1-3-20-15-7-4-10(17)8-14(15)19-16(20)12-9-11(21-2)5-6-13(12)18/h4-9H,3,18H2,1-2H3. The fourth-order valence-corrected chi connectivity index (χ4v) is 2.65. The number of fused-ring (bicyclic) bond motifs is 1. The van der Waals surface area contributed by atoms with E-state index in [-0.39, 0.29) is 0 Å². The van der Waals surface area contributed by atoms with Gasteiger partial charge in [-0.3, -0.25) is 0 Å². The molecule has 2 aromatic carbocycles. The molecule has 1 heterocycles. The average Bonchev–Trinajstić information content (AvgIpc) is 2.85. The number of nitrogens with zero attached hydrogens (tertiary/aromatic N) is 2. The fraction of sp³-hybridized carbons (Fsp3) is 0.188. The molecule has 4 nitrogen and oxygen atoms in total. The predicted molar refractivity (Wildman–Crippen MR) is 86.8 cm³/mol. The Morgan fingerprint density at radius 2 is 2.05 bits per heavy atom. The molecule has 108 valence electrons. The summed E-state index contributed by atoms with van der Waals surface area (Å²) in [6, 6.07) is 11.3. The van der Waals surface area contributed by atoms with Crippen molar-refractivity contribution in [1.29, 1.82) is 0 Å². The molecular formula is C16H16ClN3O. The molecule has 0 saturated heterocycles. The predicted octanol–water partition coefficient (Wildman–Crippen LogP) is 3.97. The van der Waals surface area contributed by atoms with Crippen LogP contribution in [0.25, 0.3) is 22.4 Å². The summed E-state index contributed by atoms with van der Waals surface area (Å²) in [7, 11) is 1.64. The van der Waals surface area contributed by atoms with Gasteiger partial charge < -0.3 is 15.0 Å². The Balaban J connectivity index is 2.29. The van der Waals surface area contributed by atoms with Crippen LogP contribution >= 0.6 is 11.6 Å². The summed E-state index contributed by atoms with van der Waals surface area (Å²) in [6.45, 7) is 2.87. The molecule has 0 atom stereocenters. The minimum Gasteiger partial charge on any atom is -0.497 e. The highest BCUT2D eigenvalue weighted by Gasteiger charge is 2.14. The van der Waals surface area contributed by atoms with Crippen LogP contribution in [0.4, 0.5) is 5.69 Å². The van der Waals surface area contributed by atoms with E-state index in [9.17, 15) is 0 Å². The first-order chi connectivity index (χ1) is 10.1. The van der Waals surface area contributed by atoms with E-state index in [1.165, 1.54) is 0 Å². The summed E-state index contributed by atoms with van der Waals surface area (Å²) >= 11 is 6.05. The first-order valence-electron chi connectivity index (χ1n) is 6.73. The molecule has 0 bridgehead atoms. The molecule has 0 aliphatic heterocycles. The lowest BCUT2D eigenvalue weighted by atomic mass is 10.1. The molecule has 0 saturated carbocycles. The van der Waals surface area contributed by atoms with Crippen molar-refractivity contribution in [3.8, 4) is 17.1 Å². The minimum atomic E-state index is 0.673. The van der Waals surface area contributed by atoms with Crippen molar-refractivity contribution >= 4 is 28.3 Å². The molecule has 0 aliphatic carbocycles. The normalized spacial score (nSPS) is 11.0. The van der Waals surface area contributed by atoms with Gasteiger partial charge in [-0.2, -0.15) is 0 Å². The largest absolute Gasteiger partial charge is 0.497 e. The lowest BCUT2D eigenvalue weighted by molar-refractivity contribution is 0.415. The van der Waals surface area contributed by atoms with E-state index in [2.05, 4.69) is 11.5 Å². The Kier molecular flexibility index (Phi) is 3.47. The van der Waals surface area contributed by atoms with Gasteiger partial charge in [-0.15, -0.1) is 0 Å². The van der Waals surface area contributed by atoms with Crippen LogP contribution in [0.1, 0.15) is 6.92 Å². The Morgan fingerprint density at radius 3 is 2.76 bits per heavy atom. The van der Waals surface area contributed by atoms with Crippen molar-refractivity contribution in [2.45, 2.75) is 13.5 Å². The average molecular weight is 302 g/mol. The SMILES string of the molecule is CCn1c(-c2cc(OC)ccc2N)nc2cc(Cl)ccc21. The van der Waals surface area contributed by atoms with E-state index < -0.39 is 0 Å². The lowest BCUT2D eigenvalue weighted by Crippen LogP contribution is -2.00. The first-order valence-corrected chi connectivity index (χ1v) is 7.11. The van der Waals surface area contributed by atoms with Crippen LogP contribution < -0.4 is 10.5 Å². The molecule has 0 amide bonds. The number of nitrogens with two attached hydrogens (primary N) is 1. The fourth-order valence-electron chi connectivity index (χ4n) is 2.48. The highest BCUT2D eigenvalue weighted by atomic mass is 35.5. The van der Waals surface area contributed by atoms with Crippen LogP contribution in [0.5, 0.6) is 5.75 Å². The lowest BCUT2D eigenvalue weighted by Gasteiger charge is -2.10. The number of hydrogen-bond donors (Lipinski definition) is 1. The summed E-state index contributed by atoms with van der Waals surface area (Å²) in [5.74, 6) is 1.58. The van der Waals surface area contributed by atoms with Gasteiger partial charge >= 0.3 is 0 Å². The Labute approximate surface area is 128 Å². The number of methoxy groups -OCH3 is 1. The van der Waals surface area contributed by atoms with Gasteiger partial charge in [-0.05, 0) is 43.3 Å². The van der Waals surface area contributed by atoms with E-state index in [1.807, 2.05) is 36.4 Å². The smallest absolute Gasteiger partial charge is 0.143 e. The van der Waals surface area contributed by atoms with Crippen LogP contribution in [-0.4, -0.2) is 16.7 Å². The van der Waals surface area contributed by atoms with Crippen LogP contribution in [0, 0.1) is 0 Å². The maximum absolute atomic E-state index is 6.12. The van der Waals surface area contributed by atoms with E-state index >= 15 is 0 Å². The van der Waals surface area contributed by atoms with Crippen molar-refractivity contribution in [1.82, 2.24) is 9.55 Å². The van der Waals surface area contributed by atoms with E-state index in [0.717, 1.165) is 34.7 Å². The second-order valence-electron chi connectivity index (χ2n) is 4.77. The minimum absolute atomic E-state index is 0.673. The molecule has 0 radical (unpaired) electrons. The zero-order valence-electron chi connectivity index (χ0n) is 11.9. The number of halogens is 1. The van der Waals surface area contributed by atoms with Gasteiger partial charge in [-0.25, -0.2) is 4.98 Å². The maximum Gasteiger partial charge on any atom is 0.143 e. The number of aryl methyl sites for hydroxylation is 1. The van der Waals surface area contributed by atoms with Gasteiger partial charge in [0, 0.05) is 22.8 Å². The van der Waals surface area contributed by atoms with Crippen molar-refractivity contribution in [3.63, 3.8) is 0 Å². The summed E-state index contributed by atoms with van der Waals surface area (Å²) < 4.78 is 7.41. The zero-order valence-corrected chi connectivity index (χ0v) is 12.7. The topological polar surface area (TPSA) is 53.1 Å². The molecule has 3 aromatic rings. The molecule has 2 N–H and O–H groups in total. The van der Waals surface area contributed by atoms with E-state index in [1.54, 1.807) is 7.11 Å². The molecule has 3 rings (SSSR count). The third kappa shape index (κ3) is 2.32. The number of anilines is 1. The van der Waals surface area contributed by atoms with E-state index in [4.69, 9.17) is 27.1 Å². The van der Waals surface area contributed by atoms with Gasteiger partial charge in [0.15, 0.2) is 0 Å². The molecular weight excluding hydrogens is 286 g/mol. The number of hydrogen-bond acceptors (Lipinski definition) is 3. The number of aromatic nitrogens is 2. The molecule has 5 heteroatoms. The molecule has 0 fully saturated rings. The van der Waals surface area contributed by atoms with Gasteiger partial charge in [0.1, 0.15) is 11.6 Å². The second-order valence-corrected chi connectivity index (χ2v) is 5.20. The monoisotopic (exact) mass is 301 g/mol. The highest BCUT2D eigenvalue weighted by molar-refractivity contribution is 6.31. The Hall–Kier alpha value is -2.20. The van der Waals surface area contributed by atoms with Crippen molar-refractivity contribution in [2.75, 3.05) is 12.8 Å². The van der Waals surface area contributed by atoms with E-state index in [0.29, 0.717) is 10.7 Å². The summed E-state index contributed by atoms with van der Waals surface area (Å²) in [5, 5.41) is 0.674. The number of nitrogen functional groups attached to an aromatic ring is 1. The number of ether oxygens (including phenoxy) is 1. The van der Waals surface area contributed by atoms with Crippen molar-refractivity contribution < 1.29 is 4.74 Å². The highest BCUT2D eigenvalue weighted by Crippen LogP contribution is 2.32. The van der Waals surface area contributed by atoms with Crippen LogP contribution in [-0.2, 0) is 6.54 Å². The maximum atomic E-state index is 6.12. The number of imidazole rings is 1. The second kappa shape index (κ2) is 5.30. The first kappa shape index (κ1) is 13.8. The van der Waals surface area contributed by atoms with Gasteiger partial charge in [0.2, 0.25) is 0 Å². The molecule has 21 heavy (non-hydrogen) atoms. The zero-order chi connectivity index (χ0) is 15.0. The molecule has 0 unspecified atom stereocenters.